The fraction of sp³-hybridized carbons (Fsp3) is 0.100. The first-order chi connectivity index (χ1) is 12.7. The Balaban J connectivity index is 1.70. The van der Waals surface area contributed by atoms with Gasteiger partial charge in [-0.2, -0.15) is 5.10 Å². The molecule has 0 aliphatic heterocycles. The van der Waals surface area contributed by atoms with Crippen LogP contribution in [0.4, 0.5) is 5.82 Å². The highest BCUT2D eigenvalue weighted by molar-refractivity contribution is 6.30. The summed E-state index contributed by atoms with van der Waals surface area (Å²) in [6.45, 7) is 0.579. The van der Waals surface area contributed by atoms with Crippen molar-refractivity contribution in [3.8, 4) is 5.75 Å². The van der Waals surface area contributed by atoms with E-state index in [1.54, 1.807) is 48.3 Å². The standard InChI is InChI=1S/C20H18ClN3O2/c1-26-18-9-8-17(21)13-16(18)7-10-20(25)23-19-11-12-22-24(19)14-15-5-3-2-4-6-15/h2-13H,14H2,1H3,(H,23,25)/b10-7+. The number of carbonyl (C=O) groups excluding carboxylic acids is 1. The predicted molar refractivity (Wildman–Crippen MR) is 103 cm³/mol. The molecule has 1 N–H and O–H groups in total. The highest BCUT2D eigenvalue weighted by atomic mass is 35.5. The van der Waals surface area contributed by atoms with Gasteiger partial charge in [0.25, 0.3) is 0 Å². The van der Waals surface area contributed by atoms with E-state index in [1.807, 2.05) is 30.3 Å². The van der Waals surface area contributed by atoms with Crippen molar-refractivity contribution >= 4 is 29.4 Å². The lowest BCUT2D eigenvalue weighted by molar-refractivity contribution is -0.111. The number of aromatic nitrogens is 2. The molecular formula is C20H18ClN3O2. The molecule has 1 aromatic heterocycles. The molecule has 3 rings (SSSR count). The zero-order valence-corrected chi connectivity index (χ0v) is 15.0. The van der Waals surface area contributed by atoms with Crippen LogP contribution in [0.2, 0.25) is 5.02 Å². The van der Waals surface area contributed by atoms with E-state index in [0.29, 0.717) is 23.1 Å². The summed E-state index contributed by atoms with van der Waals surface area (Å²) in [5.74, 6) is 1.01. The third-order valence-corrected chi connectivity index (χ3v) is 3.98. The smallest absolute Gasteiger partial charge is 0.249 e. The van der Waals surface area contributed by atoms with Crippen LogP contribution >= 0.6 is 11.6 Å². The summed E-state index contributed by atoms with van der Waals surface area (Å²) in [4.78, 5) is 12.3. The SMILES string of the molecule is COc1ccc(Cl)cc1/C=C/C(=O)Nc1ccnn1Cc1ccccc1. The number of amides is 1. The molecule has 0 unspecified atom stereocenters. The maximum atomic E-state index is 12.3. The molecule has 3 aromatic rings. The van der Waals surface area contributed by atoms with Crippen molar-refractivity contribution in [1.82, 2.24) is 9.78 Å². The van der Waals surface area contributed by atoms with Gasteiger partial charge in [-0.1, -0.05) is 41.9 Å². The molecule has 0 atom stereocenters. The molecule has 26 heavy (non-hydrogen) atoms. The minimum atomic E-state index is -0.262. The van der Waals surface area contributed by atoms with Crippen LogP contribution in [-0.4, -0.2) is 22.8 Å². The first-order valence-electron chi connectivity index (χ1n) is 8.04. The Labute approximate surface area is 156 Å². The van der Waals surface area contributed by atoms with Crippen molar-refractivity contribution in [2.45, 2.75) is 6.54 Å². The number of rotatable bonds is 6. The van der Waals surface area contributed by atoms with E-state index in [2.05, 4.69) is 10.4 Å². The summed E-state index contributed by atoms with van der Waals surface area (Å²) < 4.78 is 7.01. The predicted octanol–water partition coefficient (Wildman–Crippen LogP) is 4.25. The lowest BCUT2D eigenvalue weighted by Gasteiger charge is -2.08. The minimum Gasteiger partial charge on any atom is -0.496 e. The molecule has 0 bridgehead atoms. The molecule has 2 aromatic carbocycles. The van der Waals surface area contributed by atoms with Gasteiger partial charge >= 0.3 is 0 Å². The number of ether oxygens (including phenoxy) is 1. The van der Waals surface area contributed by atoms with Crippen LogP contribution in [-0.2, 0) is 11.3 Å². The molecule has 1 heterocycles. The number of hydrogen-bond donors (Lipinski definition) is 1. The van der Waals surface area contributed by atoms with Crippen LogP contribution in [0, 0.1) is 0 Å². The summed E-state index contributed by atoms with van der Waals surface area (Å²) in [5, 5.41) is 7.67. The Kier molecular flexibility index (Phi) is 5.71. The number of anilines is 1. The van der Waals surface area contributed by atoms with Crippen LogP contribution in [0.3, 0.4) is 0 Å². The van der Waals surface area contributed by atoms with Gasteiger partial charge in [0.15, 0.2) is 0 Å². The molecule has 1 amide bonds. The summed E-state index contributed by atoms with van der Waals surface area (Å²) in [5.41, 5.74) is 1.83. The third-order valence-electron chi connectivity index (χ3n) is 3.75. The lowest BCUT2D eigenvalue weighted by atomic mass is 10.2. The number of benzene rings is 2. The summed E-state index contributed by atoms with van der Waals surface area (Å²) in [6.07, 6.45) is 4.76. The van der Waals surface area contributed by atoms with Gasteiger partial charge in [0, 0.05) is 22.7 Å². The second kappa shape index (κ2) is 8.36. The zero-order chi connectivity index (χ0) is 18.4. The maximum Gasteiger partial charge on any atom is 0.249 e. The average molecular weight is 368 g/mol. The number of nitrogens with zero attached hydrogens (tertiary/aromatic N) is 2. The van der Waals surface area contributed by atoms with Gasteiger partial charge in [-0.3, -0.25) is 4.79 Å². The summed E-state index contributed by atoms with van der Waals surface area (Å²) in [6, 6.07) is 16.9. The lowest BCUT2D eigenvalue weighted by Crippen LogP contribution is -2.13. The number of methoxy groups -OCH3 is 1. The Morgan fingerprint density at radius 1 is 1.23 bits per heavy atom. The average Bonchev–Trinajstić information content (AvgIpc) is 3.07. The van der Waals surface area contributed by atoms with Gasteiger partial charge in [0.1, 0.15) is 11.6 Å². The highest BCUT2D eigenvalue weighted by Crippen LogP contribution is 2.23. The monoisotopic (exact) mass is 367 g/mol. The summed E-state index contributed by atoms with van der Waals surface area (Å²) >= 11 is 6.00. The zero-order valence-electron chi connectivity index (χ0n) is 14.2. The topological polar surface area (TPSA) is 56.1 Å². The second-order valence-electron chi connectivity index (χ2n) is 5.57. The van der Waals surface area contributed by atoms with E-state index in [1.165, 1.54) is 6.08 Å². The van der Waals surface area contributed by atoms with Crippen LogP contribution in [0.15, 0.2) is 66.9 Å². The molecule has 0 saturated heterocycles. The van der Waals surface area contributed by atoms with Crippen molar-refractivity contribution in [2.75, 3.05) is 12.4 Å². The number of nitrogens with one attached hydrogen (secondary N) is 1. The van der Waals surface area contributed by atoms with Gasteiger partial charge in [-0.15, -0.1) is 0 Å². The third kappa shape index (κ3) is 4.52. The second-order valence-corrected chi connectivity index (χ2v) is 6.00. The van der Waals surface area contributed by atoms with Crippen LogP contribution in [0.25, 0.3) is 6.08 Å². The summed E-state index contributed by atoms with van der Waals surface area (Å²) in [7, 11) is 1.57. The Morgan fingerprint density at radius 3 is 2.81 bits per heavy atom. The molecule has 0 spiro atoms. The first-order valence-corrected chi connectivity index (χ1v) is 8.42. The highest BCUT2D eigenvalue weighted by Gasteiger charge is 2.06. The Hall–Kier alpha value is -3.05. The molecule has 6 heteroatoms. The van der Waals surface area contributed by atoms with Crippen molar-refractivity contribution < 1.29 is 9.53 Å². The number of halogens is 1. The van der Waals surface area contributed by atoms with E-state index < -0.39 is 0 Å². The quantitative estimate of drug-likeness (QED) is 0.663. The van der Waals surface area contributed by atoms with Gasteiger partial charge in [0.05, 0.1) is 19.9 Å². The van der Waals surface area contributed by atoms with E-state index >= 15 is 0 Å². The fourth-order valence-corrected chi connectivity index (χ4v) is 2.67. The van der Waals surface area contributed by atoms with Crippen molar-refractivity contribution in [3.05, 3.63) is 83.0 Å². The van der Waals surface area contributed by atoms with Crippen molar-refractivity contribution in [3.63, 3.8) is 0 Å². The van der Waals surface area contributed by atoms with Crippen LogP contribution in [0.5, 0.6) is 5.75 Å². The van der Waals surface area contributed by atoms with Crippen molar-refractivity contribution in [2.24, 2.45) is 0 Å². The van der Waals surface area contributed by atoms with E-state index in [9.17, 15) is 4.79 Å². The number of hydrogen-bond acceptors (Lipinski definition) is 3. The molecule has 5 nitrogen and oxygen atoms in total. The molecule has 0 fully saturated rings. The fourth-order valence-electron chi connectivity index (χ4n) is 2.49. The minimum absolute atomic E-state index is 0.262. The van der Waals surface area contributed by atoms with E-state index in [0.717, 1.165) is 11.1 Å². The van der Waals surface area contributed by atoms with E-state index in [-0.39, 0.29) is 5.91 Å². The Morgan fingerprint density at radius 2 is 2.04 bits per heavy atom. The normalized spacial score (nSPS) is 10.8. The molecule has 0 aliphatic rings. The number of carbonyl (C=O) groups is 1. The first kappa shape index (κ1) is 17.8. The molecule has 0 saturated carbocycles. The molecule has 0 radical (unpaired) electrons. The van der Waals surface area contributed by atoms with Gasteiger partial charge in [-0.05, 0) is 29.8 Å². The van der Waals surface area contributed by atoms with Crippen LogP contribution in [0.1, 0.15) is 11.1 Å². The maximum absolute atomic E-state index is 12.3. The molecule has 132 valence electrons. The van der Waals surface area contributed by atoms with Crippen LogP contribution < -0.4 is 10.1 Å². The Bertz CT molecular complexity index is 920. The largest absolute Gasteiger partial charge is 0.496 e. The van der Waals surface area contributed by atoms with Gasteiger partial charge < -0.3 is 10.1 Å². The van der Waals surface area contributed by atoms with Gasteiger partial charge in [0.2, 0.25) is 5.91 Å². The molecular weight excluding hydrogens is 350 g/mol. The van der Waals surface area contributed by atoms with Crippen molar-refractivity contribution in [1.29, 1.82) is 0 Å². The molecule has 0 aliphatic carbocycles. The van der Waals surface area contributed by atoms with E-state index in [4.69, 9.17) is 16.3 Å². The van der Waals surface area contributed by atoms with Gasteiger partial charge in [-0.25, -0.2) is 4.68 Å².